The van der Waals surface area contributed by atoms with Crippen molar-refractivity contribution >= 4 is 5.91 Å². The van der Waals surface area contributed by atoms with Gasteiger partial charge in [0.15, 0.2) is 0 Å². The number of nitrogens with one attached hydrogen (secondary N) is 2. The van der Waals surface area contributed by atoms with Gasteiger partial charge >= 0.3 is 0 Å². The first kappa shape index (κ1) is 17.4. The molecule has 108 valence electrons. The molecule has 0 saturated heterocycles. The highest BCUT2D eigenvalue weighted by atomic mass is 16.5. The van der Waals surface area contributed by atoms with Crippen LogP contribution in [0.3, 0.4) is 0 Å². The van der Waals surface area contributed by atoms with Crippen molar-refractivity contribution in [2.45, 2.75) is 47.1 Å². The molecule has 0 aliphatic carbocycles. The Morgan fingerprint density at radius 3 is 2.22 bits per heavy atom. The number of carbonyl (C=O) groups is 1. The summed E-state index contributed by atoms with van der Waals surface area (Å²) in [7, 11) is 0. The SMILES string of the molecule is CC(C)CC(C)C(=O)NCCOCCNC(C)C. The average Bonchev–Trinajstić information content (AvgIpc) is 2.26. The van der Waals surface area contributed by atoms with Gasteiger partial charge in [0, 0.05) is 25.0 Å². The molecule has 0 aromatic carbocycles. The van der Waals surface area contributed by atoms with E-state index in [1.807, 2.05) is 6.92 Å². The van der Waals surface area contributed by atoms with E-state index in [2.05, 4.69) is 38.3 Å². The molecule has 0 aliphatic rings. The zero-order valence-electron chi connectivity index (χ0n) is 12.6. The molecule has 0 spiro atoms. The predicted molar refractivity (Wildman–Crippen MR) is 75.6 cm³/mol. The van der Waals surface area contributed by atoms with Crippen LogP contribution in [-0.4, -0.2) is 38.3 Å². The van der Waals surface area contributed by atoms with Crippen LogP contribution in [0.15, 0.2) is 0 Å². The van der Waals surface area contributed by atoms with E-state index in [9.17, 15) is 4.79 Å². The third-order valence-electron chi connectivity index (χ3n) is 2.62. The molecule has 0 heterocycles. The number of hydrogen-bond donors (Lipinski definition) is 2. The Balaban J connectivity index is 3.40. The van der Waals surface area contributed by atoms with Crippen LogP contribution in [0.25, 0.3) is 0 Å². The smallest absolute Gasteiger partial charge is 0.222 e. The van der Waals surface area contributed by atoms with Crippen LogP contribution in [0.4, 0.5) is 0 Å². The highest BCUT2D eigenvalue weighted by molar-refractivity contribution is 5.78. The second-order valence-electron chi connectivity index (χ2n) is 5.54. The largest absolute Gasteiger partial charge is 0.378 e. The molecule has 1 unspecified atom stereocenters. The Bertz CT molecular complexity index is 218. The van der Waals surface area contributed by atoms with E-state index in [-0.39, 0.29) is 11.8 Å². The van der Waals surface area contributed by atoms with Crippen LogP contribution in [0.2, 0.25) is 0 Å². The van der Waals surface area contributed by atoms with Crippen LogP contribution < -0.4 is 10.6 Å². The van der Waals surface area contributed by atoms with Gasteiger partial charge in [0.2, 0.25) is 5.91 Å². The van der Waals surface area contributed by atoms with Crippen LogP contribution in [-0.2, 0) is 9.53 Å². The summed E-state index contributed by atoms with van der Waals surface area (Å²) < 4.78 is 5.42. The summed E-state index contributed by atoms with van der Waals surface area (Å²) in [6.07, 6.45) is 0.936. The Morgan fingerprint density at radius 2 is 1.67 bits per heavy atom. The summed E-state index contributed by atoms with van der Waals surface area (Å²) in [5, 5.41) is 6.18. The van der Waals surface area contributed by atoms with Crippen molar-refractivity contribution in [1.29, 1.82) is 0 Å². The molecular weight excluding hydrogens is 228 g/mol. The summed E-state index contributed by atoms with van der Waals surface area (Å²) in [5.74, 6) is 0.782. The topological polar surface area (TPSA) is 50.4 Å². The van der Waals surface area contributed by atoms with Crippen molar-refractivity contribution in [2.75, 3.05) is 26.3 Å². The maximum Gasteiger partial charge on any atom is 0.222 e. The summed E-state index contributed by atoms with van der Waals surface area (Å²) in [6.45, 7) is 13.2. The van der Waals surface area contributed by atoms with Gasteiger partial charge < -0.3 is 15.4 Å². The van der Waals surface area contributed by atoms with E-state index >= 15 is 0 Å². The lowest BCUT2D eigenvalue weighted by molar-refractivity contribution is -0.125. The first-order valence-electron chi connectivity index (χ1n) is 7.02. The van der Waals surface area contributed by atoms with Gasteiger partial charge in [-0.3, -0.25) is 4.79 Å². The highest BCUT2D eigenvalue weighted by Gasteiger charge is 2.13. The molecule has 0 rings (SSSR count). The molecular formula is C14H30N2O2. The molecule has 4 nitrogen and oxygen atoms in total. The van der Waals surface area contributed by atoms with Gasteiger partial charge in [-0.2, -0.15) is 0 Å². The molecule has 0 fully saturated rings. The van der Waals surface area contributed by atoms with Gasteiger partial charge in [0.05, 0.1) is 13.2 Å². The van der Waals surface area contributed by atoms with Gasteiger partial charge in [-0.25, -0.2) is 0 Å². The Labute approximate surface area is 112 Å². The number of rotatable bonds is 10. The van der Waals surface area contributed by atoms with E-state index in [1.54, 1.807) is 0 Å². The van der Waals surface area contributed by atoms with Crippen molar-refractivity contribution in [3.8, 4) is 0 Å². The van der Waals surface area contributed by atoms with Gasteiger partial charge in [0.25, 0.3) is 0 Å². The zero-order chi connectivity index (χ0) is 14.0. The van der Waals surface area contributed by atoms with Crippen LogP contribution in [0.1, 0.15) is 41.0 Å². The second kappa shape index (κ2) is 10.3. The molecule has 0 radical (unpaired) electrons. The fourth-order valence-corrected chi connectivity index (χ4v) is 1.76. The lowest BCUT2D eigenvalue weighted by atomic mass is 9.98. The number of carbonyl (C=O) groups excluding carboxylic acids is 1. The maximum atomic E-state index is 11.7. The minimum Gasteiger partial charge on any atom is -0.378 e. The lowest BCUT2D eigenvalue weighted by Crippen LogP contribution is -2.33. The van der Waals surface area contributed by atoms with Crippen molar-refractivity contribution < 1.29 is 9.53 Å². The summed E-state index contributed by atoms with van der Waals surface area (Å²) in [5.41, 5.74) is 0. The highest BCUT2D eigenvalue weighted by Crippen LogP contribution is 2.10. The third-order valence-corrected chi connectivity index (χ3v) is 2.62. The maximum absolute atomic E-state index is 11.7. The van der Waals surface area contributed by atoms with Crippen molar-refractivity contribution in [3.63, 3.8) is 0 Å². The number of amides is 1. The monoisotopic (exact) mass is 258 g/mol. The van der Waals surface area contributed by atoms with Crippen LogP contribution >= 0.6 is 0 Å². The van der Waals surface area contributed by atoms with Crippen molar-refractivity contribution in [3.05, 3.63) is 0 Å². The molecule has 1 atom stereocenters. The molecule has 0 saturated carbocycles. The van der Waals surface area contributed by atoms with Gasteiger partial charge in [0.1, 0.15) is 0 Å². The summed E-state index contributed by atoms with van der Waals surface area (Å²) in [6, 6.07) is 0.491. The standard InChI is InChI=1S/C14H30N2O2/c1-11(2)10-13(5)14(17)16-7-9-18-8-6-15-12(3)4/h11-13,15H,6-10H2,1-5H3,(H,16,17). The van der Waals surface area contributed by atoms with Gasteiger partial charge in [-0.05, 0) is 12.3 Å². The fraction of sp³-hybridized carbons (Fsp3) is 0.929. The Morgan fingerprint density at radius 1 is 1.06 bits per heavy atom. The second-order valence-corrected chi connectivity index (χ2v) is 5.54. The molecule has 0 bridgehead atoms. The normalized spacial score (nSPS) is 13.1. The van der Waals surface area contributed by atoms with Crippen LogP contribution in [0.5, 0.6) is 0 Å². The average molecular weight is 258 g/mol. The van der Waals surface area contributed by atoms with E-state index < -0.39 is 0 Å². The van der Waals surface area contributed by atoms with Crippen LogP contribution in [0, 0.1) is 11.8 Å². The fourth-order valence-electron chi connectivity index (χ4n) is 1.76. The molecule has 0 aromatic rings. The summed E-state index contributed by atoms with van der Waals surface area (Å²) in [4.78, 5) is 11.7. The van der Waals surface area contributed by atoms with Crippen molar-refractivity contribution in [2.24, 2.45) is 11.8 Å². The third kappa shape index (κ3) is 10.5. The zero-order valence-corrected chi connectivity index (χ0v) is 12.6. The van der Waals surface area contributed by atoms with E-state index in [0.717, 1.165) is 13.0 Å². The molecule has 2 N–H and O–H groups in total. The summed E-state index contributed by atoms with van der Waals surface area (Å²) >= 11 is 0. The molecule has 18 heavy (non-hydrogen) atoms. The van der Waals surface area contributed by atoms with Gasteiger partial charge in [-0.1, -0.05) is 34.6 Å². The van der Waals surface area contributed by atoms with E-state index in [4.69, 9.17) is 4.74 Å². The predicted octanol–water partition coefficient (Wildman–Crippen LogP) is 1.80. The number of ether oxygens (including phenoxy) is 1. The first-order valence-corrected chi connectivity index (χ1v) is 7.02. The molecule has 0 aromatic heterocycles. The van der Waals surface area contributed by atoms with Crippen molar-refractivity contribution in [1.82, 2.24) is 10.6 Å². The molecule has 4 heteroatoms. The lowest BCUT2D eigenvalue weighted by Gasteiger charge is -2.14. The molecule has 0 aliphatic heterocycles. The Kier molecular flexibility index (Phi) is 9.98. The van der Waals surface area contributed by atoms with E-state index in [1.165, 1.54) is 0 Å². The quantitative estimate of drug-likeness (QED) is 0.588. The number of hydrogen-bond acceptors (Lipinski definition) is 3. The van der Waals surface area contributed by atoms with Gasteiger partial charge in [-0.15, -0.1) is 0 Å². The van der Waals surface area contributed by atoms with E-state index in [0.29, 0.717) is 31.7 Å². The Hall–Kier alpha value is -0.610. The first-order chi connectivity index (χ1) is 8.43. The minimum absolute atomic E-state index is 0.0904. The minimum atomic E-state index is 0.0904. The molecule has 1 amide bonds.